The van der Waals surface area contributed by atoms with Crippen molar-refractivity contribution in [2.24, 2.45) is 5.92 Å². The van der Waals surface area contributed by atoms with E-state index in [2.05, 4.69) is 13.8 Å². The summed E-state index contributed by atoms with van der Waals surface area (Å²) in [6.45, 7) is 13.3. The molecule has 0 aliphatic rings. The van der Waals surface area contributed by atoms with Crippen molar-refractivity contribution in [2.45, 2.75) is 60.0 Å². The van der Waals surface area contributed by atoms with Gasteiger partial charge in [-0.3, -0.25) is 4.79 Å². The Kier molecular flexibility index (Phi) is 9.93. The lowest BCUT2D eigenvalue weighted by Gasteiger charge is -2.26. The minimum absolute atomic E-state index is 0.0893. The van der Waals surface area contributed by atoms with Crippen LogP contribution in [0, 0.1) is 5.92 Å². The first-order chi connectivity index (χ1) is 18.9. The second kappa shape index (κ2) is 13.2. The molecule has 0 bridgehead atoms. The van der Waals surface area contributed by atoms with Gasteiger partial charge in [0.05, 0.1) is 24.2 Å². The standard InChI is InChI=1S/C32H36O8/c1-8-36-30(34)22-17-27(37-21(4)5)19-28(18-22)40-31(35)39-26-15-11-24(12-16-26)32(6,7)23-9-13-25(14-10-23)38-29(33)20(2)3/h9-21H,8H2,1-7H3. The molecule has 40 heavy (non-hydrogen) atoms. The molecule has 0 aliphatic heterocycles. The van der Waals surface area contributed by atoms with Gasteiger partial charge in [-0.2, -0.15) is 0 Å². The zero-order valence-electron chi connectivity index (χ0n) is 24.0. The fourth-order valence-corrected chi connectivity index (χ4v) is 3.80. The Morgan fingerprint density at radius 2 is 1.20 bits per heavy atom. The first kappa shape index (κ1) is 30.2. The third kappa shape index (κ3) is 8.09. The Morgan fingerprint density at radius 1 is 0.700 bits per heavy atom. The highest BCUT2D eigenvalue weighted by molar-refractivity contribution is 5.90. The van der Waals surface area contributed by atoms with Gasteiger partial charge in [0.25, 0.3) is 0 Å². The molecule has 0 N–H and O–H groups in total. The van der Waals surface area contributed by atoms with Crippen LogP contribution in [0.1, 0.15) is 70.0 Å². The van der Waals surface area contributed by atoms with Crippen molar-refractivity contribution in [3.8, 4) is 23.0 Å². The molecular formula is C32H36O8. The number of benzene rings is 3. The van der Waals surface area contributed by atoms with Gasteiger partial charge < -0.3 is 23.7 Å². The molecule has 0 radical (unpaired) electrons. The average molecular weight is 549 g/mol. The summed E-state index contributed by atoms with van der Waals surface area (Å²) in [6.07, 6.45) is -1.12. The SMILES string of the molecule is CCOC(=O)c1cc(OC(=O)Oc2ccc(C(C)(C)c3ccc(OC(=O)C(C)C)cc3)cc2)cc(OC(C)C)c1. The van der Waals surface area contributed by atoms with Gasteiger partial charge in [0, 0.05) is 11.5 Å². The van der Waals surface area contributed by atoms with Crippen molar-refractivity contribution in [2.75, 3.05) is 6.61 Å². The summed E-state index contributed by atoms with van der Waals surface area (Å²) in [6, 6.07) is 18.9. The van der Waals surface area contributed by atoms with Crippen LogP contribution in [0.25, 0.3) is 0 Å². The highest BCUT2D eigenvalue weighted by Gasteiger charge is 2.24. The van der Waals surface area contributed by atoms with E-state index in [1.165, 1.54) is 18.2 Å². The van der Waals surface area contributed by atoms with Crippen molar-refractivity contribution in [3.05, 3.63) is 83.4 Å². The Bertz CT molecular complexity index is 1320. The summed E-state index contributed by atoms with van der Waals surface area (Å²) in [5.74, 6) is 0.196. The quantitative estimate of drug-likeness (QED) is 0.150. The van der Waals surface area contributed by atoms with Crippen LogP contribution >= 0.6 is 0 Å². The molecule has 0 atom stereocenters. The molecule has 8 nitrogen and oxygen atoms in total. The van der Waals surface area contributed by atoms with Crippen LogP contribution in [0.2, 0.25) is 0 Å². The predicted molar refractivity (Wildman–Crippen MR) is 150 cm³/mol. The molecule has 0 unspecified atom stereocenters. The van der Waals surface area contributed by atoms with E-state index < -0.39 is 12.1 Å². The van der Waals surface area contributed by atoms with Gasteiger partial charge >= 0.3 is 18.1 Å². The lowest BCUT2D eigenvalue weighted by atomic mass is 9.78. The highest BCUT2D eigenvalue weighted by atomic mass is 16.7. The van der Waals surface area contributed by atoms with Crippen LogP contribution in [0.3, 0.4) is 0 Å². The zero-order chi connectivity index (χ0) is 29.4. The Labute approximate surface area is 235 Å². The largest absolute Gasteiger partial charge is 0.519 e. The van der Waals surface area contributed by atoms with E-state index in [-0.39, 0.29) is 41.3 Å². The molecule has 3 aromatic carbocycles. The normalized spacial score (nSPS) is 11.2. The van der Waals surface area contributed by atoms with E-state index >= 15 is 0 Å². The number of carbonyl (C=O) groups excluding carboxylic acids is 3. The van der Waals surface area contributed by atoms with Gasteiger partial charge in [-0.15, -0.1) is 0 Å². The molecule has 0 spiro atoms. The van der Waals surface area contributed by atoms with Gasteiger partial charge in [0.2, 0.25) is 0 Å². The maximum absolute atomic E-state index is 12.5. The average Bonchev–Trinajstić information content (AvgIpc) is 2.88. The summed E-state index contributed by atoms with van der Waals surface area (Å²) in [4.78, 5) is 36.6. The second-order valence-corrected chi connectivity index (χ2v) is 10.3. The van der Waals surface area contributed by atoms with E-state index in [9.17, 15) is 14.4 Å². The molecule has 8 heteroatoms. The Morgan fingerprint density at radius 3 is 1.70 bits per heavy atom. The minimum atomic E-state index is -0.963. The number of hydrogen-bond donors (Lipinski definition) is 0. The number of esters is 2. The maximum Gasteiger partial charge on any atom is 0.519 e. The fraction of sp³-hybridized carbons (Fsp3) is 0.344. The molecule has 0 aliphatic carbocycles. The maximum atomic E-state index is 12.5. The molecule has 0 amide bonds. The summed E-state index contributed by atoms with van der Waals surface area (Å²) >= 11 is 0. The summed E-state index contributed by atoms with van der Waals surface area (Å²) < 4.78 is 26.8. The van der Waals surface area contributed by atoms with E-state index in [1.54, 1.807) is 45.0 Å². The molecule has 0 fully saturated rings. The fourth-order valence-electron chi connectivity index (χ4n) is 3.80. The monoisotopic (exact) mass is 548 g/mol. The van der Waals surface area contributed by atoms with Crippen LogP contribution < -0.4 is 18.9 Å². The van der Waals surface area contributed by atoms with E-state index in [4.69, 9.17) is 23.7 Å². The molecule has 0 saturated carbocycles. The van der Waals surface area contributed by atoms with Crippen molar-refractivity contribution >= 4 is 18.1 Å². The highest BCUT2D eigenvalue weighted by Crippen LogP contribution is 2.33. The first-order valence-corrected chi connectivity index (χ1v) is 13.2. The van der Waals surface area contributed by atoms with Crippen LogP contribution in [-0.2, 0) is 14.9 Å². The molecule has 0 aromatic heterocycles. The van der Waals surface area contributed by atoms with Gasteiger partial charge in [-0.25, -0.2) is 9.59 Å². The second-order valence-electron chi connectivity index (χ2n) is 10.3. The van der Waals surface area contributed by atoms with Gasteiger partial charge in [-0.05, 0) is 68.3 Å². The molecule has 0 saturated heterocycles. The minimum Gasteiger partial charge on any atom is -0.491 e. The topological polar surface area (TPSA) is 97.4 Å². The third-order valence-electron chi connectivity index (χ3n) is 6.01. The number of hydrogen-bond acceptors (Lipinski definition) is 8. The van der Waals surface area contributed by atoms with Crippen molar-refractivity contribution in [1.29, 1.82) is 0 Å². The third-order valence-corrected chi connectivity index (χ3v) is 6.01. The van der Waals surface area contributed by atoms with Crippen molar-refractivity contribution < 1.29 is 38.1 Å². The smallest absolute Gasteiger partial charge is 0.491 e. The Balaban J connectivity index is 1.69. The number of rotatable bonds is 10. The van der Waals surface area contributed by atoms with E-state index in [0.29, 0.717) is 17.2 Å². The van der Waals surface area contributed by atoms with Gasteiger partial charge in [0.15, 0.2) is 0 Å². The van der Waals surface area contributed by atoms with Crippen LogP contribution in [-0.4, -0.2) is 30.8 Å². The summed E-state index contributed by atoms with van der Waals surface area (Å²) in [7, 11) is 0. The van der Waals surface area contributed by atoms with Gasteiger partial charge in [-0.1, -0.05) is 52.0 Å². The molecule has 212 valence electrons. The lowest BCUT2D eigenvalue weighted by molar-refractivity contribution is -0.137. The Hall–Kier alpha value is -4.33. The summed E-state index contributed by atoms with van der Waals surface area (Å²) in [5, 5.41) is 0. The predicted octanol–water partition coefficient (Wildman–Crippen LogP) is 7.12. The first-order valence-electron chi connectivity index (χ1n) is 13.2. The number of carbonyl (C=O) groups is 3. The molecule has 0 heterocycles. The zero-order valence-corrected chi connectivity index (χ0v) is 24.0. The summed E-state index contributed by atoms with van der Waals surface area (Å²) in [5.41, 5.74) is 1.82. The van der Waals surface area contributed by atoms with E-state index in [0.717, 1.165) is 11.1 Å². The molecular weight excluding hydrogens is 512 g/mol. The molecule has 3 rings (SSSR count). The molecule has 3 aromatic rings. The van der Waals surface area contributed by atoms with E-state index in [1.807, 2.05) is 38.1 Å². The van der Waals surface area contributed by atoms with Crippen molar-refractivity contribution in [1.82, 2.24) is 0 Å². The lowest BCUT2D eigenvalue weighted by Crippen LogP contribution is -2.19. The van der Waals surface area contributed by atoms with Crippen LogP contribution in [0.15, 0.2) is 66.7 Å². The van der Waals surface area contributed by atoms with Crippen LogP contribution in [0.4, 0.5) is 4.79 Å². The van der Waals surface area contributed by atoms with Crippen LogP contribution in [0.5, 0.6) is 23.0 Å². The van der Waals surface area contributed by atoms with Gasteiger partial charge in [0.1, 0.15) is 23.0 Å². The number of ether oxygens (including phenoxy) is 5. The van der Waals surface area contributed by atoms with Crippen molar-refractivity contribution in [3.63, 3.8) is 0 Å².